The third-order valence-corrected chi connectivity index (χ3v) is 4.44. The zero-order valence-electron chi connectivity index (χ0n) is 10.7. The summed E-state index contributed by atoms with van der Waals surface area (Å²) in [4.78, 5) is 27.1. The topological polar surface area (TPSA) is 105 Å². The summed E-state index contributed by atoms with van der Waals surface area (Å²) < 4.78 is 0. The highest BCUT2D eigenvalue weighted by Gasteiger charge is 2.27. The number of amides is 1. The second kappa shape index (κ2) is 5.66. The van der Waals surface area contributed by atoms with Crippen molar-refractivity contribution in [1.82, 2.24) is 10.3 Å². The number of nitrogens with one attached hydrogen (secondary N) is 1. The van der Waals surface area contributed by atoms with Crippen LogP contribution in [0, 0.1) is 12.8 Å². The molecule has 7 heteroatoms. The van der Waals surface area contributed by atoms with Crippen LogP contribution in [-0.2, 0) is 11.3 Å². The van der Waals surface area contributed by atoms with Crippen LogP contribution in [-0.4, -0.2) is 28.0 Å². The maximum atomic E-state index is 11.9. The summed E-state index contributed by atoms with van der Waals surface area (Å²) >= 11 is 1.10. The van der Waals surface area contributed by atoms with E-state index in [9.17, 15) is 9.59 Å². The van der Waals surface area contributed by atoms with Crippen LogP contribution in [0.25, 0.3) is 0 Å². The first-order valence-corrected chi connectivity index (χ1v) is 7.02. The zero-order valence-corrected chi connectivity index (χ0v) is 11.5. The Morgan fingerprint density at radius 3 is 2.79 bits per heavy atom. The zero-order chi connectivity index (χ0) is 14.0. The first-order chi connectivity index (χ1) is 8.97. The average molecular weight is 283 g/mol. The van der Waals surface area contributed by atoms with E-state index in [0.717, 1.165) is 30.6 Å². The largest absolute Gasteiger partial charge is 0.477 e. The molecule has 6 nitrogen and oxygen atoms in total. The molecule has 4 N–H and O–H groups in total. The molecule has 0 aliphatic heterocycles. The Morgan fingerprint density at radius 2 is 2.26 bits per heavy atom. The first kappa shape index (κ1) is 14.0. The van der Waals surface area contributed by atoms with Crippen LogP contribution < -0.4 is 11.1 Å². The highest BCUT2D eigenvalue weighted by Crippen LogP contribution is 2.24. The molecule has 2 atom stereocenters. The second-order valence-corrected chi connectivity index (χ2v) is 5.90. The van der Waals surface area contributed by atoms with Gasteiger partial charge in [-0.15, -0.1) is 11.3 Å². The van der Waals surface area contributed by atoms with Gasteiger partial charge in [0, 0.05) is 12.0 Å². The van der Waals surface area contributed by atoms with Gasteiger partial charge in [-0.1, -0.05) is 0 Å². The van der Waals surface area contributed by atoms with Crippen molar-refractivity contribution in [3.8, 4) is 0 Å². The van der Waals surface area contributed by atoms with E-state index in [1.54, 1.807) is 6.92 Å². The predicted molar refractivity (Wildman–Crippen MR) is 71.0 cm³/mol. The minimum Gasteiger partial charge on any atom is -0.477 e. The summed E-state index contributed by atoms with van der Waals surface area (Å²) in [6.45, 7) is 1.94. The molecule has 0 spiro atoms. The molecular weight excluding hydrogens is 266 g/mol. The SMILES string of the molecule is Cc1nc(CNC(=O)C2CCC(N)C2)sc1C(=O)O. The molecule has 1 aromatic heterocycles. The van der Waals surface area contributed by atoms with E-state index in [0.29, 0.717) is 10.7 Å². The lowest BCUT2D eigenvalue weighted by Crippen LogP contribution is -2.29. The van der Waals surface area contributed by atoms with Crippen molar-refractivity contribution in [1.29, 1.82) is 0 Å². The van der Waals surface area contributed by atoms with Gasteiger partial charge in [0.25, 0.3) is 0 Å². The van der Waals surface area contributed by atoms with Crippen LogP contribution in [0.2, 0.25) is 0 Å². The fourth-order valence-electron chi connectivity index (χ4n) is 2.29. The lowest BCUT2D eigenvalue weighted by molar-refractivity contribution is -0.125. The highest BCUT2D eigenvalue weighted by molar-refractivity contribution is 7.13. The number of rotatable bonds is 4. The lowest BCUT2D eigenvalue weighted by atomic mass is 10.1. The smallest absolute Gasteiger partial charge is 0.347 e. The van der Waals surface area contributed by atoms with E-state index in [-0.39, 0.29) is 29.3 Å². The van der Waals surface area contributed by atoms with Crippen molar-refractivity contribution < 1.29 is 14.7 Å². The molecule has 1 amide bonds. The standard InChI is InChI=1S/C12H17N3O3S/c1-6-10(12(17)18)19-9(15-6)5-14-11(16)7-2-3-8(13)4-7/h7-8H,2-5,13H2,1H3,(H,14,16)(H,17,18). The molecule has 1 aromatic rings. The van der Waals surface area contributed by atoms with E-state index < -0.39 is 5.97 Å². The molecule has 1 aliphatic carbocycles. The first-order valence-electron chi connectivity index (χ1n) is 6.20. The van der Waals surface area contributed by atoms with Gasteiger partial charge in [0.2, 0.25) is 5.91 Å². The number of aromatic nitrogens is 1. The highest BCUT2D eigenvalue weighted by atomic mass is 32.1. The summed E-state index contributed by atoms with van der Waals surface area (Å²) in [5.41, 5.74) is 6.26. The fourth-order valence-corrected chi connectivity index (χ4v) is 3.13. The van der Waals surface area contributed by atoms with Crippen LogP contribution in [0.3, 0.4) is 0 Å². The number of nitrogens with two attached hydrogens (primary N) is 1. The third kappa shape index (κ3) is 3.30. The number of carbonyl (C=O) groups is 2. The maximum absolute atomic E-state index is 11.9. The van der Waals surface area contributed by atoms with Gasteiger partial charge in [0.05, 0.1) is 12.2 Å². The number of hydrogen-bond acceptors (Lipinski definition) is 5. The quantitative estimate of drug-likeness (QED) is 0.761. The van der Waals surface area contributed by atoms with E-state index >= 15 is 0 Å². The summed E-state index contributed by atoms with van der Waals surface area (Å²) in [7, 11) is 0. The molecule has 1 fully saturated rings. The van der Waals surface area contributed by atoms with Crippen molar-refractivity contribution in [2.24, 2.45) is 11.7 Å². The number of aryl methyl sites for hydroxylation is 1. The Balaban J connectivity index is 1.90. The van der Waals surface area contributed by atoms with E-state index in [4.69, 9.17) is 10.8 Å². The Bertz CT molecular complexity index is 500. The summed E-state index contributed by atoms with van der Waals surface area (Å²) in [5.74, 6) is -1.01. The number of thiazole rings is 1. The van der Waals surface area contributed by atoms with Crippen LogP contribution in [0.15, 0.2) is 0 Å². The summed E-state index contributed by atoms with van der Waals surface area (Å²) in [6, 6.07) is 0.122. The Morgan fingerprint density at radius 1 is 1.53 bits per heavy atom. The lowest BCUT2D eigenvalue weighted by Gasteiger charge is -2.09. The van der Waals surface area contributed by atoms with Gasteiger partial charge in [-0.2, -0.15) is 0 Å². The van der Waals surface area contributed by atoms with Gasteiger partial charge >= 0.3 is 5.97 Å². The Labute approximate surface area is 115 Å². The molecule has 1 aliphatic rings. The molecule has 0 aromatic carbocycles. The second-order valence-electron chi connectivity index (χ2n) is 4.82. The Hall–Kier alpha value is -1.47. The minimum absolute atomic E-state index is 0.0160. The van der Waals surface area contributed by atoms with Crippen molar-refractivity contribution in [2.75, 3.05) is 0 Å². The van der Waals surface area contributed by atoms with Gasteiger partial charge in [0.1, 0.15) is 9.88 Å². The molecular formula is C12H17N3O3S. The number of nitrogens with zero attached hydrogens (tertiary/aromatic N) is 1. The molecule has 0 bridgehead atoms. The molecule has 1 heterocycles. The molecule has 2 unspecified atom stereocenters. The van der Waals surface area contributed by atoms with E-state index in [1.165, 1.54) is 0 Å². The molecule has 1 saturated carbocycles. The Kier molecular flexibility index (Phi) is 4.16. The number of hydrogen-bond donors (Lipinski definition) is 3. The summed E-state index contributed by atoms with van der Waals surface area (Å²) in [6.07, 6.45) is 2.44. The normalized spacial score (nSPS) is 22.4. The van der Waals surface area contributed by atoms with Crippen molar-refractivity contribution in [3.63, 3.8) is 0 Å². The molecule has 104 valence electrons. The van der Waals surface area contributed by atoms with E-state index in [1.807, 2.05) is 0 Å². The summed E-state index contributed by atoms with van der Waals surface area (Å²) in [5, 5.41) is 12.3. The van der Waals surface area contributed by atoms with Crippen LogP contribution in [0.5, 0.6) is 0 Å². The average Bonchev–Trinajstić information content (AvgIpc) is 2.92. The number of carbonyl (C=O) groups excluding carboxylic acids is 1. The molecule has 2 rings (SSSR count). The van der Waals surface area contributed by atoms with Crippen LogP contribution in [0.1, 0.15) is 39.6 Å². The van der Waals surface area contributed by atoms with Gasteiger partial charge in [-0.05, 0) is 26.2 Å². The van der Waals surface area contributed by atoms with Crippen molar-refractivity contribution in [2.45, 2.75) is 38.8 Å². The minimum atomic E-state index is -0.977. The number of carboxylic acids is 1. The molecule has 0 saturated heterocycles. The number of aromatic carboxylic acids is 1. The van der Waals surface area contributed by atoms with Gasteiger partial charge in [0.15, 0.2) is 0 Å². The van der Waals surface area contributed by atoms with Crippen LogP contribution in [0.4, 0.5) is 0 Å². The fraction of sp³-hybridized carbons (Fsp3) is 0.583. The van der Waals surface area contributed by atoms with Gasteiger partial charge in [-0.25, -0.2) is 9.78 Å². The molecule has 0 radical (unpaired) electrons. The van der Waals surface area contributed by atoms with Crippen molar-refractivity contribution in [3.05, 3.63) is 15.6 Å². The van der Waals surface area contributed by atoms with Crippen molar-refractivity contribution >= 4 is 23.2 Å². The monoisotopic (exact) mass is 283 g/mol. The van der Waals surface area contributed by atoms with Gasteiger partial charge in [-0.3, -0.25) is 4.79 Å². The van der Waals surface area contributed by atoms with Crippen LogP contribution >= 0.6 is 11.3 Å². The third-order valence-electron chi connectivity index (χ3n) is 3.29. The maximum Gasteiger partial charge on any atom is 0.347 e. The number of carboxylic acid groups (broad SMARTS) is 1. The van der Waals surface area contributed by atoms with E-state index in [2.05, 4.69) is 10.3 Å². The predicted octanol–water partition coefficient (Wildman–Crippen LogP) is 0.893. The van der Waals surface area contributed by atoms with Gasteiger partial charge < -0.3 is 16.2 Å². The molecule has 19 heavy (non-hydrogen) atoms.